The Morgan fingerprint density at radius 2 is 2.25 bits per heavy atom. The fraction of sp³-hybridized carbons (Fsp3) is 0.800. The van der Waals surface area contributed by atoms with Crippen molar-refractivity contribution in [1.82, 2.24) is 0 Å². The molecule has 0 aromatic carbocycles. The molecule has 2 rings (SSSR count). The quantitative estimate of drug-likeness (QED) is 0.508. The summed E-state index contributed by atoms with van der Waals surface area (Å²) in [5.74, 6) is 1.65. The van der Waals surface area contributed by atoms with E-state index in [1.54, 1.807) is 0 Å². The number of aldehydes is 1. The van der Waals surface area contributed by atoms with Crippen molar-refractivity contribution in [3.63, 3.8) is 0 Å². The molecule has 1 fully saturated rings. The fourth-order valence-corrected chi connectivity index (χ4v) is 3.73. The number of hydrogen-bond acceptors (Lipinski definition) is 1. The second kappa shape index (κ2) is 4.35. The summed E-state index contributed by atoms with van der Waals surface area (Å²) in [7, 11) is 0. The van der Waals surface area contributed by atoms with Gasteiger partial charge in [-0.25, -0.2) is 0 Å². The number of hydrogen-bond donors (Lipinski definition) is 0. The second-order valence-electron chi connectivity index (χ2n) is 6.22. The van der Waals surface area contributed by atoms with Crippen LogP contribution in [0.15, 0.2) is 11.6 Å². The lowest BCUT2D eigenvalue weighted by Crippen LogP contribution is -2.37. The third kappa shape index (κ3) is 1.97. The van der Waals surface area contributed by atoms with E-state index in [4.69, 9.17) is 0 Å². The molecule has 0 saturated heterocycles. The minimum atomic E-state index is 0.138. The van der Waals surface area contributed by atoms with Gasteiger partial charge in [0, 0.05) is 5.92 Å². The van der Waals surface area contributed by atoms with Crippen LogP contribution in [0.2, 0.25) is 0 Å². The highest BCUT2D eigenvalue weighted by atomic mass is 16.1. The zero-order chi connectivity index (χ0) is 11.8. The van der Waals surface area contributed by atoms with Crippen molar-refractivity contribution in [3.8, 4) is 0 Å². The Morgan fingerprint density at radius 1 is 1.50 bits per heavy atom. The highest BCUT2D eigenvalue weighted by Gasteiger charge is 2.41. The molecule has 0 spiro atoms. The van der Waals surface area contributed by atoms with Gasteiger partial charge in [-0.1, -0.05) is 45.3 Å². The van der Waals surface area contributed by atoms with Crippen LogP contribution in [-0.4, -0.2) is 6.29 Å². The van der Waals surface area contributed by atoms with Gasteiger partial charge in [0.2, 0.25) is 0 Å². The topological polar surface area (TPSA) is 17.1 Å². The van der Waals surface area contributed by atoms with Crippen molar-refractivity contribution in [2.45, 2.75) is 52.9 Å². The molecule has 1 unspecified atom stereocenters. The lowest BCUT2D eigenvalue weighted by molar-refractivity contribution is -0.109. The Kier molecular flexibility index (Phi) is 3.23. The van der Waals surface area contributed by atoms with Gasteiger partial charge in [0.1, 0.15) is 6.29 Å². The molecule has 0 radical (unpaired) electrons. The summed E-state index contributed by atoms with van der Waals surface area (Å²) in [6.45, 7) is 6.87. The van der Waals surface area contributed by atoms with E-state index in [-0.39, 0.29) is 5.92 Å². The first-order chi connectivity index (χ1) is 7.57. The zero-order valence-corrected chi connectivity index (χ0v) is 10.8. The summed E-state index contributed by atoms with van der Waals surface area (Å²) < 4.78 is 0. The molecule has 0 heterocycles. The Bertz CT molecular complexity index is 305. The number of fused-ring (bicyclic) bond motifs is 1. The van der Waals surface area contributed by atoms with Crippen LogP contribution < -0.4 is 0 Å². The molecule has 0 bridgehead atoms. The monoisotopic (exact) mass is 220 g/mol. The lowest BCUT2D eigenvalue weighted by Gasteiger charge is -2.47. The van der Waals surface area contributed by atoms with Crippen LogP contribution in [0.25, 0.3) is 0 Å². The normalized spacial score (nSPS) is 40.8. The van der Waals surface area contributed by atoms with Crippen LogP contribution in [-0.2, 0) is 4.79 Å². The largest absolute Gasteiger partial charge is 0.303 e. The number of carbonyl (C=O) groups is 1. The third-order valence-electron chi connectivity index (χ3n) is 4.99. The van der Waals surface area contributed by atoms with Crippen molar-refractivity contribution < 1.29 is 4.79 Å². The van der Waals surface area contributed by atoms with Gasteiger partial charge in [-0.2, -0.15) is 0 Å². The number of carbonyl (C=O) groups excluding carboxylic acids is 1. The van der Waals surface area contributed by atoms with Gasteiger partial charge in [0.15, 0.2) is 0 Å². The van der Waals surface area contributed by atoms with E-state index in [2.05, 4.69) is 19.9 Å². The fourth-order valence-electron chi connectivity index (χ4n) is 3.73. The molecule has 2 aliphatic carbocycles. The van der Waals surface area contributed by atoms with Crippen LogP contribution in [0, 0.1) is 23.2 Å². The van der Waals surface area contributed by atoms with Crippen LogP contribution in [0.5, 0.6) is 0 Å². The maximum Gasteiger partial charge on any atom is 0.126 e. The molecule has 0 aliphatic heterocycles. The molecule has 1 saturated carbocycles. The van der Waals surface area contributed by atoms with Crippen LogP contribution in [0.3, 0.4) is 0 Å². The van der Waals surface area contributed by atoms with E-state index in [9.17, 15) is 4.79 Å². The third-order valence-corrected chi connectivity index (χ3v) is 4.99. The van der Waals surface area contributed by atoms with Crippen molar-refractivity contribution >= 4 is 6.29 Å². The number of rotatable bonds is 2. The van der Waals surface area contributed by atoms with Gasteiger partial charge in [0.05, 0.1) is 0 Å². The Hall–Kier alpha value is -0.590. The summed E-state index contributed by atoms with van der Waals surface area (Å²) in [6.07, 6.45) is 10.1. The first kappa shape index (κ1) is 11.9. The van der Waals surface area contributed by atoms with Gasteiger partial charge >= 0.3 is 0 Å². The highest BCUT2D eigenvalue weighted by molar-refractivity contribution is 5.58. The molecule has 0 aromatic heterocycles. The Balaban J connectivity index is 2.24. The standard InChI is InChI=1S/C15H24O/c1-11-5-4-7-15(3)8-6-13(9-14(11)15)12(2)10-16/h9-12,14H,4-8H2,1-3H3/t11-,12?,14+,15-/m1/s1. The molecule has 0 N–H and O–H groups in total. The van der Waals surface area contributed by atoms with Crippen molar-refractivity contribution in [2.24, 2.45) is 23.2 Å². The molecule has 0 aromatic rings. The Labute approximate surface area is 99.3 Å². The lowest BCUT2D eigenvalue weighted by atomic mass is 9.58. The van der Waals surface area contributed by atoms with E-state index in [1.165, 1.54) is 31.3 Å². The highest BCUT2D eigenvalue weighted by Crippen LogP contribution is 2.51. The van der Waals surface area contributed by atoms with Gasteiger partial charge in [-0.15, -0.1) is 0 Å². The first-order valence-electron chi connectivity index (χ1n) is 6.73. The van der Waals surface area contributed by atoms with E-state index in [0.717, 1.165) is 18.6 Å². The summed E-state index contributed by atoms with van der Waals surface area (Å²) in [5, 5.41) is 0. The summed E-state index contributed by atoms with van der Waals surface area (Å²) >= 11 is 0. The summed E-state index contributed by atoms with van der Waals surface area (Å²) in [6, 6.07) is 0. The van der Waals surface area contributed by atoms with Gasteiger partial charge in [0.25, 0.3) is 0 Å². The predicted octanol–water partition coefficient (Wildman–Crippen LogP) is 3.98. The van der Waals surface area contributed by atoms with Crippen LogP contribution in [0.4, 0.5) is 0 Å². The summed E-state index contributed by atoms with van der Waals surface area (Å²) in [4.78, 5) is 10.9. The molecule has 2 aliphatic rings. The molecule has 1 nitrogen and oxygen atoms in total. The average molecular weight is 220 g/mol. The molecule has 90 valence electrons. The summed E-state index contributed by atoms with van der Waals surface area (Å²) in [5.41, 5.74) is 1.91. The van der Waals surface area contributed by atoms with Gasteiger partial charge < -0.3 is 4.79 Å². The van der Waals surface area contributed by atoms with E-state index in [1.807, 2.05) is 6.92 Å². The molecule has 4 atom stereocenters. The van der Waals surface area contributed by atoms with Gasteiger partial charge in [-0.3, -0.25) is 0 Å². The maximum atomic E-state index is 10.9. The molecule has 1 heteroatoms. The molecule has 16 heavy (non-hydrogen) atoms. The van der Waals surface area contributed by atoms with Crippen molar-refractivity contribution in [2.75, 3.05) is 0 Å². The smallest absolute Gasteiger partial charge is 0.126 e. The average Bonchev–Trinajstić information content (AvgIpc) is 2.27. The van der Waals surface area contributed by atoms with E-state index in [0.29, 0.717) is 11.3 Å². The Morgan fingerprint density at radius 3 is 2.94 bits per heavy atom. The zero-order valence-electron chi connectivity index (χ0n) is 10.8. The first-order valence-corrected chi connectivity index (χ1v) is 6.73. The predicted molar refractivity (Wildman–Crippen MR) is 67.2 cm³/mol. The number of allylic oxidation sites excluding steroid dienone is 2. The van der Waals surface area contributed by atoms with E-state index < -0.39 is 0 Å². The molecular weight excluding hydrogens is 196 g/mol. The molecule has 0 amide bonds. The maximum absolute atomic E-state index is 10.9. The SMILES string of the molecule is CC(C=O)C1=C[C@H]2[C@H](C)CCC[C@]2(C)CC1. The minimum Gasteiger partial charge on any atom is -0.303 e. The van der Waals surface area contributed by atoms with Crippen molar-refractivity contribution in [3.05, 3.63) is 11.6 Å². The van der Waals surface area contributed by atoms with Gasteiger partial charge in [-0.05, 0) is 36.5 Å². The minimum absolute atomic E-state index is 0.138. The van der Waals surface area contributed by atoms with Crippen LogP contribution in [0.1, 0.15) is 52.9 Å². The van der Waals surface area contributed by atoms with Crippen molar-refractivity contribution in [1.29, 1.82) is 0 Å². The second-order valence-corrected chi connectivity index (χ2v) is 6.22. The van der Waals surface area contributed by atoms with Crippen LogP contribution >= 0.6 is 0 Å². The van der Waals surface area contributed by atoms with E-state index >= 15 is 0 Å². The molecular formula is C15H24O.